The first kappa shape index (κ1) is 15.8. The van der Waals surface area contributed by atoms with E-state index in [9.17, 15) is 4.39 Å². The van der Waals surface area contributed by atoms with Crippen molar-refractivity contribution in [1.82, 2.24) is 0 Å². The van der Waals surface area contributed by atoms with E-state index in [0.29, 0.717) is 10.2 Å². The molecule has 2 N–H and O–H groups in total. The molecule has 3 rings (SSSR count). The van der Waals surface area contributed by atoms with Gasteiger partial charge in [-0.05, 0) is 28.4 Å². The Hall–Kier alpha value is -1.10. The molecule has 22 heavy (non-hydrogen) atoms. The van der Waals surface area contributed by atoms with Gasteiger partial charge in [0.2, 0.25) is 0 Å². The Bertz CT molecular complexity index is 722. The van der Waals surface area contributed by atoms with Gasteiger partial charge in [0.15, 0.2) is 5.60 Å². The molecular weight excluding hydrogens is 369 g/mol. The zero-order valence-electron chi connectivity index (χ0n) is 12.2. The van der Waals surface area contributed by atoms with E-state index in [1.807, 2.05) is 44.2 Å². The van der Waals surface area contributed by atoms with Gasteiger partial charge in [-0.15, -0.1) is 0 Å². The minimum absolute atomic E-state index is 0.0719. The lowest BCUT2D eigenvalue weighted by atomic mass is 9.76. The number of halogens is 3. The van der Waals surface area contributed by atoms with Gasteiger partial charge in [0.1, 0.15) is 11.6 Å². The molecule has 0 fully saturated rings. The summed E-state index contributed by atoms with van der Waals surface area (Å²) in [5.41, 5.74) is 7.37. The van der Waals surface area contributed by atoms with Crippen LogP contribution in [0.5, 0.6) is 5.75 Å². The number of hydrogen-bond acceptors (Lipinski definition) is 2. The molecule has 0 aliphatic carbocycles. The van der Waals surface area contributed by atoms with E-state index >= 15 is 0 Å². The Balaban J connectivity index is 2.23. The molecule has 2 aromatic carbocycles. The van der Waals surface area contributed by atoms with E-state index in [-0.39, 0.29) is 17.0 Å². The first-order valence-corrected chi connectivity index (χ1v) is 8.24. The Morgan fingerprint density at radius 3 is 2.59 bits per heavy atom. The highest BCUT2D eigenvalue weighted by molar-refractivity contribution is 9.10. The fraction of sp³-hybridized carbons (Fsp3) is 0.294. The van der Waals surface area contributed by atoms with Crippen LogP contribution in [0.4, 0.5) is 4.39 Å². The molecule has 1 heterocycles. The summed E-state index contributed by atoms with van der Waals surface area (Å²) in [5, 5.41) is 0.0720. The maximum atomic E-state index is 13.9. The lowest BCUT2D eigenvalue weighted by Gasteiger charge is -2.37. The molecule has 1 aliphatic rings. The van der Waals surface area contributed by atoms with E-state index in [1.165, 1.54) is 6.07 Å². The van der Waals surface area contributed by atoms with Gasteiger partial charge in [-0.25, -0.2) is 4.39 Å². The van der Waals surface area contributed by atoms with Crippen LogP contribution in [0.1, 0.15) is 30.9 Å². The highest BCUT2D eigenvalue weighted by Gasteiger charge is 2.51. The van der Waals surface area contributed by atoms with Crippen molar-refractivity contribution in [3.05, 3.63) is 62.8 Å². The molecule has 0 bridgehead atoms. The molecule has 2 aromatic rings. The number of hydrogen-bond donors (Lipinski definition) is 1. The van der Waals surface area contributed by atoms with Crippen molar-refractivity contribution in [3.8, 4) is 5.75 Å². The van der Waals surface area contributed by atoms with E-state index in [2.05, 4.69) is 15.9 Å². The SMILES string of the molecule is CC(N)[C@]1(c2ccccc2)Oc2cc(F)c(Cl)c(Br)c2[C@@H]1C. The van der Waals surface area contributed by atoms with Crippen LogP contribution in [0.3, 0.4) is 0 Å². The summed E-state index contributed by atoms with van der Waals surface area (Å²) in [6, 6.07) is 10.9. The number of rotatable bonds is 2. The lowest BCUT2D eigenvalue weighted by molar-refractivity contribution is 0.0470. The van der Waals surface area contributed by atoms with Crippen molar-refractivity contribution in [2.24, 2.45) is 5.73 Å². The Labute approximate surface area is 142 Å². The van der Waals surface area contributed by atoms with Crippen LogP contribution in [0.25, 0.3) is 0 Å². The van der Waals surface area contributed by atoms with Crippen molar-refractivity contribution >= 4 is 27.5 Å². The van der Waals surface area contributed by atoms with Crippen molar-refractivity contribution in [2.75, 3.05) is 0 Å². The molecule has 0 aromatic heterocycles. The summed E-state index contributed by atoms with van der Waals surface area (Å²) in [4.78, 5) is 0. The fourth-order valence-electron chi connectivity index (χ4n) is 3.32. The van der Waals surface area contributed by atoms with E-state index in [1.54, 1.807) is 0 Å². The fourth-order valence-corrected chi connectivity index (χ4v) is 4.20. The minimum Gasteiger partial charge on any atom is -0.480 e. The highest BCUT2D eigenvalue weighted by Crippen LogP contribution is 2.55. The summed E-state index contributed by atoms with van der Waals surface area (Å²) in [5.74, 6) is -0.0900. The van der Waals surface area contributed by atoms with Crippen LogP contribution in [0.15, 0.2) is 40.9 Å². The van der Waals surface area contributed by atoms with Gasteiger partial charge in [0, 0.05) is 28.1 Å². The molecule has 0 amide bonds. The van der Waals surface area contributed by atoms with Gasteiger partial charge >= 0.3 is 0 Å². The van der Waals surface area contributed by atoms with Gasteiger partial charge in [-0.2, -0.15) is 0 Å². The standard InChI is InChI=1S/C17H16BrClFNO/c1-9-14-13(8-12(20)16(19)15(14)18)22-17(9,10(2)21)11-6-4-3-5-7-11/h3-10H,21H2,1-2H3/t9-,10?,17+/m0/s1. The van der Waals surface area contributed by atoms with Crippen LogP contribution >= 0.6 is 27.5 Å². The predicted molar refractivity (Wildman–Crippen MR) is 89.9 cm³/mol. The van der Waals surface area contributed by atoms with E-state index in [0.717, 1.165) is 11.1 Å². The van der Waals surface area contributed by atoms with Crippen LogP contribution < -0.4 is 10.5 Å². The smallest absolute Gasteiger partial charge is 0.155 e. The molecule has 0 saturated carbocycles. The zero-order chi connectivity index (χ0) is 16.1. The molecular formula is C17H16BrClFNO. The normalized spacial score (nSPS) is 24.7. The monoisotopic (exact) mass is 383 g/mol. The Morgan fingerprint density at radius 1 is 1.36 bits per heavy atom. The molecule has 2 nitrogen and oxygen atoms in total. The van der Waals surface area contributed by atoms with Gasteiger partial charge < -0.3 is 10.5 Å². The Morgan fingerprint density at radius 2 is 2.00 bits per heavy atom. The summed E-state index contributed by atoms with van der Waals surface area (Å²) in [6.07, 6.45) is 0. The van der Waals surface area contributed by atoms with Crippen molar-refractivity contribution in [2.45, 2.75) is 31.4 Å². The second kappa shape index (κ2) is 5.52. The quantitative estimate of drug-likeness (QED) is 0.741. The van der Waals surface area contributed by atoms with Crippen molar-refractivity contribution < 1.29 is 9.13 Å². The maximum Gasteiger partial charge on any atom is 0.155 e. The van der Waals surface area contributed by atoms with Crippen molar-refractivity contribution in [1.29, 1.82) is 0 Å². The molecule has 0 spiro atoms. The third-order valence-corrected chi connectivity index (χ3v) is 5.84. The summed E-state index contributed by atoms with van der Waals surface area (Å²) in [7, 11) is 0. The molecule has 0 radical (unpaired) electrons. The highest BCUT2D eigenvalue weighted by atomic mass is 79.9. The second-order valence-electron chi connectivity index (χ2n) is 5.67. The average molecular weight is 385 g/mol. The minimum atomic E-state index is -0.747. The molecule has 5 heteroatoms. The van der Waals surface area contributed by atoms with Crippen LogP contribution in [-0.2, 0) is 5.60 Å². The Kier molecular flexibility index (Phi) is 3.96. The van der Waals surface area contributed by atoms with Crippen LogP contribution in [0.2, 0.25) is 5.02 Å². The first-order valence-electron chi connectivity index (χ1n) is 7.07. The van der Waals surface area contributed by atoms with Gasteiger partial charge in [-0.1, -0.05) is 48.9 Å². The average Bonchev–Trinajstić information content (AvgIpc) is 2.79. The molecule has 0 saturated heterocycles. The van der Waals surface area contributed by atoms with Crippen LogP contribution in [0, 0.1) is 5.82 Å². The van der Waals surface area contributed by atoms with Crippen molar-refractivity contribution in [3.63, 3.8) is 0 Å². The molecule has 1 unspecified atom stereocenters. The number of nitrogens with two attached hydrogens (primary N) is 1. The topological polar surface area (TPSA) is 35.2 Å². The lowest BCUT2D eigenvalue weighted by Crippen LogP contribution is -2.49. The predicted octanol–water partition coefficient (Wildman–Crippen LogP) is 4.98. The second-order valence-corrected chi connectivity index (χ2v) is 6.84. The third kappa shape index (κ3) is 2.08. The molecule has 3 atom stereocenters. The number of fused-ring (bicyclic) bond motifs is 1. The number of benzene rings is 2. The zero-order valence-corrected chi connectivity index (χ0v) is 14.6. The van der Waals surface area contributed by atoms with Gasteiger partial charge in [0.25, 0.3) is 0 Å². The van der Waals surface area contributed by atoms with Crippen LogP contribution in [-0.4, -0.2) is 6.04 Å². The summed E-state index contributed by atoms with van der Waals surface area (Å²) in [6.45, 7) is 3.93. The number of ether oxygens (including phenoxy) is 1. The van der Waals surface area contributed by atoms with E-state index < -0.39 is 11.4 Å². The van der Waals surface area contributed by atoms with Gasteiger partial charge in [-0.3, -0.25) is 0 Å². The molecule has 116 valence electrons. The third-order valence-electron chi connectivity index (χ3n) is 4.42. The van der Waals surface area contributed by atoms with E-state index in [4.69, 9.17) is 22.1 Å². The van der Waals surface area contributed by atoms with Gasteiger partial charge in [0.05, 0.1) is 5.02 Å². The maximum absolute atomic E-state index is 13.9. The first-order chi connectivity index (χ1) is 10.4. The summed E-state index contributed by atoms with van der Waals surface area (Å²) < 4.78 is 20.7. The largest absolute Gasteiger partial charge is 0.480 e. The summed E-state index contributed by atoms with van der Waals surface area (Å²) >= 11 is 9.44. The molecule has 1 aliphatic heterocycles.